The van der Waals surface area contributed by atoms with Crippen LogP contribution in [0, 0.1) is 5.92 Å². The van der Waals surface area contributed by atoms with E-state index < -0.39 is 32.6 Å². The summed E-state index contributed by atoms with van der Waals surface area (Å²) in [5.41, 5.74) is 0. The minimum atomic E-state index is -4.54. The predicted molar refractivity (Wildman–Crippen MR) is 63.2 cm³/mol. The molecule has 0 heterocycles. The standard InChI is InChI=1S/C9H18O7S2.Na/c1-3-5-15-6-4-9(18(12,13)14)8(2)7-16-17(10)11;/h3,8-9H,1,4-7H2,2H3,(H,10,11)(H,12,13,14);/q;+1/p-2. The van der Waals surface area contributed by atoms with E-state index in [1.54, 1.807) is 0 Å². The fraction of sp³-hybridized carbons (Fsp3) is 0.778. The van der Waals surface area contributed by atoms with Crippen molar-refractivity contribution < 1.29 is 60.2 Å². The molecular weight excluding hydrogens is 307 g/mol. The summed E-state index contributed by atoms with van der Waals surface area (Å²) in [6.45, 7) is 4.81. The quantitative estimate of drug-likeness (QED) is 0.138. The first kappa shape index (κ1) is 22.0. The molecule has 19 heavy (non-hydrogen) atoms. The Morgan fingerprint density at radius 2 is 2.05 bits per heavy atom. The molecule has 0 aliphatic heterocycles. The Bertz CT molecular complexity index is 371. The molecule has 0 saturated carbocycles. The van der Waals surface area contributed by atoms with Crippen molar-refractivity contribution in [2.24, 2.45) is 5.92 Å². The smallest absolute Gasteiger partial charge is 0.750 e. The summed E-state index contributed by atoms with van der Waals surface area (Å²) >= 11 is -2.73. The zero-order valence-electron chi connectivity index (χ0n) is 10.9. The molecule has 0 fully saturated rings. The first-order valence-electron chi connectivity index (χ1n) is 5.15. The van der Waals surface area contributed by atoms with E-state index in [-0.39, 0.29) is 55.8 Å². The number of rotatable bonds is 10. The Kier molecular flexibility index (Phi) is 13.1. The molecule has 0 rings (SSSR count). The van der Waals surface area contributed by atoms with Crippen molar-refractivity contribution in [1.29, 1.82) is 0 Å². The van der Waals surface area contributed by atoms with Gasteiger partial charge in [0.15, 0.2) is 0 Å². The maximum Gasteiger partial charge on any atom is 1.00 e. The van der Waals surface area contributed by atoms with Crippen molar-refractivity contribution in [3.8, 4) is 0 Å². The molecule has 0 aliphatic carbocycles. The fourth-order valence-electron chi connectivity index (χ4n) is 1.35. The Balaban J connectivity index is 0. The van der Waals surface area contributed by atoms with Crippen molar-refractivity contribution in [1.82, 2.24) is 0 Å². The van der Waals surface area contributed by atoms with Gasteiger partial charge in [0.2, 0.25) is 0 Å². The summed E-state index contributed by atoms with van der Waals surface area (Å²) in [5.74, 6) is -0.738. The summed E-state index contributed by atoms with van der Waals surface area (Å²) in [4.78, 5) is 0. The third kappa shape index (κ3) is 11.1. The minimum absolute atomic E-state index is 0. The van der Waals surface area contributed by atoms with Gasteiger partial charge in [0.1, 0.15) is 0 Å². The molecule has 7 nitrogen and oxygen atoms in total. The van der Waals surface area contributed by atoms with Crippen LogP contribution >= 0.6 is 0 Å². The van der Waals surface area contributed by atoms with Crippen molar-refractivity contribution in [3.05, 3.63) is 12.7 Å². The van der Waals surface area contributed by atoms with E-state index in [4.69, 9.17) is 4.74 Å². The second-order valence-corrected chi connectivity index (χ2v) is 5.88. The second-order valence-electron chi connectivity index (χ2n) is 3.65. The number of hydrogen-bond acceptors (Lipinski definition) is 7. The summed E-state index contributed by atoms with van der Waals surface area (Å²) < 4.78 is 62.8. The van der Waals surface area contributed by atoms with Gasteiger partial charge in [0, 0.05) is 6.61 Å². The molecule has 0 aromatic heterocycles. The first-order valence-corrected chi connectivity index (χ1v) is 7.62. The van der Waals surface area contributed by atoms with Crippen LogP contribution < -0.4 is 29.6 Å². The van der Waals surface area contributed by atoms with E-state index in [9.17, 15) is 21.7 Å². The van der Waals surface area contributed by atoms with E-state index in [1.165, 1.54) is 13.0 Å². The van der Waals surface area contributed by atoms with Gasteiger partial charge in [0.25, 0.3) is 0 Å². The van der Waals surface area contributed by atoms with E-state index >= 15 is 0 Å². The topological polar surface area (TPSA) is 116 Å². The fourth-order valence-corrected chi connectivity index (χ4v) is 2.71. The van der Waals surface area contributed by atoms with E-state index in [0.717, 1.165) is 0 Å². The molecule has 0 aromatic carbocycles. The third-order valence-electron chi connectivity index (χ3n) is 2.22. The molecule has 3 unspecified atom stereocenters. The van der Waals surface area contributed by atoms with Gasteiger partial charge in [-0.05, 0) is 12.3 Å². The van der Waals surface area contributed by atoms with Crippen molar-refractivity contribution in [2.75, 3.05) is 19.8 Å². The van der Waals surface area contributed by atoms with Crippen LogP contribution in [-0.4, -0.2) is 46.8 Å². The first-order chi connectivity index (χ1) is 8.29. The van der Waals surface area contributed by atoms with E-state index in [1.807, 2.05) is 0 Å². The predicted octanol–water partition coefficient (Wildman–Crippen LogP) is -3.06. The largest absolute Gasteiger partial charge is 1.00 e. The van der Waals surface area contributed by atoms with Gasteiger partial charge in [-0.2, -0.15) is 0 Å². The van der Waals surface area contributed by atoms with Crippen molar-refractivity contribution in [3.63, 3.8) is 0 Å². The van der Waals surface area contributed by atoms with Crippen LogP contribution in [0.4, 0.5) is 0 Å². The van der Waals surface area contributed by atoms with Crippen LogP contribution in [0.1, 0.15) is 13.3 Å². The molecule has 0 amide bonds. The molecule has 0 radical (unpaired) electrons. The van der Waals surface area contributed by atoms with Crippen molar-refractivity contribution in [2.45, 2.75) is 18.6 Å². The van der Waals surface area contributed by atoms with Gasteiger partial charge in [-0.3, -0.25) is 0 Å². The average Bonchev–Trinajstić information content (AvgIpc) is 2.24. The number of hydrogen-bond donors (Lipinski definition) is 0. The minimum Gasteiger partial charge on any atom is -0.750 e. The van der Waals surface area contributed by atoms with Gasteiger partial charge in [-0.1, -0.05) is 13.0 Å². The molecule has 10 heteroatoms. The summed E-state index contributed by atoms with van der Waals surface area (Å²) in [6, 6.07) is 0. The molecule has 0 aromatic rings. The Morgan fingerprint density at radius 1 is 1.47 bits per heavy atom. The zero-order valence-corrected chi connectivity index (χ0v) is 14.6. The second kappa shape index (κ2) is 11.4. The van der Waals surface area contributed by atoms with Crippen LogP contribution in [0.2, 0.25) is 0 Å². The molecule has 0 bridgehead atoms. The molecule has 0 aliphatic rings. The van der Waals surface area contributed by atoms with Crippen LogP contribution in [0.25, 0.3) is 0 Å². The van der Waals surface area contributed by atoms with E-state index in [2.05, 4.69) is 10.8 Å². The molecule has 0 spiro atoms. The van der Waals surface area contributed by atoms with Gasteiger partial charge < -0.3 is 18.0 Å². The summed E-state index contributed by atoms with van der Waals surface area (Å²) in [5, 5.41) is -1.24. The monoisotopic (exact) mass is 323 g/mol. The van der Waals surface area contributed by atoms with Gasteiger partial charge in [-0.15, -0.1) is 6.58 Å². The Hall–Kier alpha value is 0.680. The summed E-state index contributed by atoms with van der Waals surface area (Å²) in [6.07, 6.45) is 1.48. The van der Waals surface area contributed by atoms with E-state index in [0.29, 0.717) is 0 Å². The molecule has 0 saturated heterocycles. The number of ether oxygens (including phenoxy) is 1. The Labute approximate surface area is 138 Å². The Morgan fingerprint density at radius 3 is 2.47 bits per heavy atom. The van der Waals surface area contributed by atoms with Gasteiger partial charge >= 0.3 is 29.6 Å². The SMILES string of the molecule is C=CCOCCC(C(C)COS(=O)[O-])S(=O)(=O)[O-].[Na+]. The molecular formula is C9H16NaO7S2-. The van der Waals surface area contributed by atoms with Crippen LogP contribution in [0.3, 0.4) is 0 Å². The maximum absolute atomic E-state index is 11.0. The molecule has 0 N–H and O–H groups in total. The molecule has 108 valence electrons. The normalized spacial score (nSPS) is 16.2. The van der Waals surface area contributed by atoms with Crippen LogP contribution in [0.15, 0.2) is 12.7 Å². The molecule has 3 atom stereocenters. The van der Waals surface area contributed by atoms with Gasteiger partial charge in [-0.25, -0.2) is 12.6 Å². The summed E-state index contributed by atoms with van der Waals surface area (Å²) in [7, 11) is -4.54. The van der Waals surface area contributed by atoms with Crippen LogP contribution in [-0.2, 0) is 30.4 Å². The van der Waals surface area contributed by atoms with Gasteiger partial charge in [0.05, 0.1) is 39.9 Å². The van der Waals surface area contributed by atoms with Crippen LogP contribution in [0.5, 0.6) is 0 Å². The van der Waals surface area contributed by atoms with Crippen molar-refractivity contribution >= 4 is 21.5 Å². The zero-order chi connectivity index (χ0) is 14.2. The third-order valence-corrected chi connectivity index (χ3v) is 3.99. The maximum atomic E-state index is 11.0. The average molecular weight is 323 g/mol.